The van der Waals surface area contributed by atoms with Crippen LogP contribution in [0.4, 0.5) is 4.39 Å². The van der Waals surface area contributed by atoms with E-state index in [1.54, 1.807) is 24.3 Å². The van der Waals surface area contributed by atoms with Crippen LogP contribution in [-0.4, -0.2) is 25.6 Å². The van der Waals surface area contributed by atoms with E-state index >= 15 is 0 Å². The summed E-state index contributed by atoms with van der Waals surface area (Å²) in [7, 11) is 0. The highest BCUT2D eigenvalue weighted by molar-refractivity contribution is 6.30. The Hall–Kier alpha value is -2.11. The number of hydrogen-bond acceptors (Lipinski definition) is 3. The summed E-state index contributed by atoms with van der Waals surface area (Å²) < 4.78 is 18.6. The molecule has 0 aromatic heterocycles. The third-order valence-electron chi connectivity index (χ3n) is 3.38. The second kappa shape index (κ2) is 9.25. The maximum Gasteiger partial charge on any atom is 0.234 e. The molecule has 0 saturated carbocycles. The third kappa shape index (κ3) is 5.83. The van der Waals surface area contributed by atoms with E-state index in [0.29, 0.717) is 11.6 Å². The molecule has 1 amide bonds. The molecule has 128 valence electrons. The van der Waals surface area contributed by atoms with E-state index in [1.165, 1.54) is 6.07 Å². The van der Waals surface area contributed by atoms with Crippen LogP contribution in [0.15, 0.2) is 48.5 Å². The second-order valence-electron chi connectivity index (χ2n) is 5.30. The highest BCUT2D eigenvalue weighted by Crippen LogP contribution is 2.17. The van der Waals surface area contributed by atoms with E-state index in [2.05, 4.69) is 10.6 Å². The minimum absolute atomic E-state index is 0.131. The molecule has 0 saturated heterocycles. The fourth-order valence-corrected chi connectivity index (χ4v) is 2.35. The van der Waals surface area contributed by atoms with Gasteiger partial charge in [-0.3, -0.25) is 4.79 Å². The smallest absolute Gasteiger partial charge is 0.234 e. The number of amides is 1. The Morgan fingerprint density at radius 3 is 2.79 bits per heavy atom. The van der Waals surface area contributed by atoms with Crippen molar-refractivity contribution >= 4 is 17.5 Å². The van der Waals surface area contributed by atoms with Gasteiger partial charge in [-0.1, -0.05) is 35.9 Å². The Morgan fingerprint density at radius 1 is 1.25 bits per heavy atom. The predicted molar refractivity (Wildman–Crippen MR) is 92.8 cm³/mol. The molecule has 0 aliphatic rings. The summed E-state index contributed by atoms with van der Waals surface area (Å²) in [6.45, 7) is 2.77. The quantitative estimate of drug-likeness (QED) is 0.718. The summed E-state index contributed by atoms with van der Waals surface area (Å²) in [6.07, 6.45) is 0. The lowest BCUT2D eigenvalue weighted by Gasteiger charge is -2.15. The highest BCUT2D eigenvalue weighted by atomic mass is 35.5. The van der Waals surface area contributed by atoms with Gasteiger partial charge in [0.25, 0.3) is 0 Å². The van der Waals surface area contributed by atoms with E-state index in [-0.39, 0.29) is 30.9 Å². The molecule has 0 aliphatic carbocycles. The van der Waals surface area contributed by atoms with Crippen LogP contribution in [0.1, 0.15) is 18.5 Å². The summed E-state index contributed by atoms with van der Waals surface area (Å²) in [5, 5.41) is 6.47. The van der Waals surface area contributed by atoms with Gasteiger partial charge in [0.05, 0.1) is 12.6 Å². The van der Waals surface area contributed by atoms with E-state index in [0.717, 1.165) is 5.56 Å². The summed E-state index contributed by atoms with van der Waals surface area (Å²) in [4.78, 5) is 11.9. The maximum absolute atomic E-state index is 13.3. The number of benzene rings is 2. The van der Waals surface area contributed by atoms with Crippen LogP contribution in [0.2, 0.25) is 5.02 Å². The lowest BCUT2D eigenvalue weighted by molar-refractivity contribution is -0.120. The normalized spacial score (nSPS) is 11.8. The third-order valence-corrected chi connectivity index (χ3v) is 3.62. The maximum atomic E-state index is 13.3. The monoisotopic (exact) mass is 350 g/mol. The molecule has 0 fully saturated rings. The molecule has 2 N–H and O–H groups in total. The average Bonchev–Trinajstić information content (AvgIpc) is 2.56. The summed E-state index contributed by atoms with van der Waals surface area (Å²) in [6, 6.07) is 13.4. The molecule has 1 atom stereocenters. The van der Waals surface area contributed by atoms with Crippen LogP contribution < -0.4 is 15.4 Å². The molecule has 0 unspecified atom stereocenters. The molecule has 2 aromatic rings. The van der Waals surface area contributed by atoms with Crippen LogP contribution in [0.5, 0.6) is 5.75 Å². The molecular weight excluding hydrogens is 331 g/mol. The van der Waals surface area contributed by atoms with Gasteiger partial charge in [-0.05, 0) is 36.8 Å². The van der Waals surface area contributed by atoms with Crippen LogP contribution in [-0.2, 0) is 4.79 Å². The number of halogens is 2. The molecule has 0 heterocycles. The molecule has 0 aliphatic heterocycles. The number of nitrogens with one attached hydrogen (secondary N) is 2. The van der Waals surface area contributed by atoms with Gasteiger partial charge in [0.1, 0.15) is 6.61 Å². The summed E-state index contributed by atoms with van der Waals surface area (Å²) in [5.41, 5.74) is 0.943. The Balaban J connectivity index is 1.65. The van der Waals surface area contributed by atoms with Gasteiger partial charge < -0.3 is 15.4 Å². The number of rotatable bonds is 8. The number of para-hydroxylation sites is 1. The lowest BCUT2D eigenvalue weighted by Crippen LogP contribution is -2.36. The molecule has 0 bridgehead atoms. The van der Waals surface area contributed by atoms with Gasteiger partial charge in [0.2, 0.25) is 5.91 Å². The first kappa shape index (κ1) is 18.2. The fourth-order valence-electron chi connectivity index (χ4n) is 2.15. The zero-order valence-electron chi connectivity index (χ0n) is 13.4. The zero-order valence-corrected chi connectivity index (χ0v) is 14.1. The first-order chi connectivity index (χ1) is 11.6. The van der Waals surface area contributed by atoms with Gasteiger partial charge in [0.15, 0.2) is 11.6 Å². The molecule has 0 spiro atoms. The Labute approximate surface area is 146 Å². The summed E-state index contributed by atoms with van der Waals surface area (Å²) in [5.74, 6) is -0.322. The first-order valence-corrected chi connectivity index (χ1v) is 8.07. The van der Waals surface area contributed by atoms with Crippen LogP contribution in [0, 0.1) is 5.82 Å². The topological polar surface area (TPSA) is 50.4 Å². The van der Waals surface area contributed by atoms with Crippen molar-refractivity contribution in [1.82, 2.24) is 10.6 Å². The summed E-state index contributed by atoms with van der Waals surface area (Å²) >= 11 is 5.94. The Kier molecular flexibility index (Phi) is 7.03. The zero-order chi connectivity index (χ0) is 17.4. The largest absolute Gasteiger partial charge is 0.489 e. The fraction of sp³-hybridized carbons (Fsp3) is 0.278. The van der Waals surface area contributed by atoms with Crippen molar-refractivity contribution in [2.75, 3.05) is 19.7 Å². The van der Waals surface area contributed by atoms with Gasteiger partial charge in [-0.2, -0.15) is 0 Å². The predicted octanol–water partition coefficient (Wildman–Crippen LogP) is 3.32. The Bertz CT molecular complexity index is 682. The van der Waals surface area contributed by atoms with Crippen LogP contribution in [0.25, 0.3) is 0 Å². The van der Waals surface area contributed by atoms with Crippen molar-refractivity contribution in [2.45, 2.75) is 13.0 Å². The first-order valence-electron chi connectivity index (χ1n) is 7.69. The SMILES string of the molecule is C[C@H](NC(=O)CNCCOc1ccccc1F)c1cccc(Cl)c1. The molecular formula is C18H20ClFN2O2. The van der Waals surface area contributed by atoms with Gasteiger partial charge >= 0.3 is 0 Å². The van der Waals surface area contributed by atoms with Crippen molar-refractivity contribution in [3.05, 3.63) is 64.9 Å². The number of carbonyl (C=O) groups excluding carboxylic acids is 1. The van der Waals surface area contributed by atoms with Crippen LogP contribution in [0.3, 0.4) is 0 Å². The Morgan fingerprint density at radius 2 is 2.04 bits per heavy atom. The standard InChI is InChI=1S/C18H20ClFN2O2/c1-13(14-5-4-6-15(19)11-14)22-18(23)12-21-9-10-24-17-8-3-2-7-16(17)20/h2-8,11,13,21H,9-10,12H2,1H3,(H,22,23)/t13-/m0/s1. The van der Waals surface area contributed by atoms with E-state index < -0.39 is 5.82 Å². The minimum atomic E-state index is -0.398. The highest BCUT2D eigenvalue weighted by Gasteiger charge is 2.09. The van der Waals surface area contributed by atoms with Gasteiger partial charge in [0, 0.05) is 11.6 Å². The number of ether oxygens (including phenoxy) is 1. The van der Waals surface area contributed by atoms with Crippen molar-refractivity contribution in [3.63, 3.8) is 0 Å². The molecule has 2 rings (SSSR count). The lowest BCUT2D eigenvalue weighted by atomic mass is 10.1. The van der Waals surface area contributed by atoms with E-state index in [4.69, 9.17) is 16.3 Å². The molecule has 0 radical (unpaired) electrons. The second-order valence-corrected chi connectivity index (χ2v) is 5.74. The number of hydrogen-bond donors (Lipinski definition) is 2. The van der Waals surface area contributed by atoms with E-state index in [1.807, 2.05) is 25.1 Å². The molecule has 24 heavy (non-hydrogen) atoms. The molecule has 4 nitrogen and oxygen atoms in total. The average molecular weight is 351 g/mol. The number of carbonyl (C=O) groups is 1. The molecule has 6 heteroatoms. The van der Waals surface area contributed by atoms with Crippen molar-refractivity contribution in [1.29, 1.82) is 0 Å². The van der Waals surface area contributed by atoms with Crippen molar-refractivity contribution < 1.29 is 13.9 Å². The van der Waals surface area contributed by atoms with Gasteiger partial charge in [-0.25, -0.2) is 4.39 Å². The van der Waals surface area contributed by atoms with Crippen molar-refractivity contribution in [3.8, 4) is 5.75 Å². The van der Waals surface area contributed by atoms with Crippen molar-refractivity contribution in [2.24, 2.45) is 0 Å². The van der Waals surface area contributed by atoms with E-state index in [9.17, 15) is 9.18 Å². The minimum Gasteiger partial charge on any atom is -0.489 e. The molecule has 2 aromatic carbocycles. The van der Waals surface area contributed by atoms with Gasteiger partial charge in [-0.15, -0.1) is 0 Å². The van der Waals surface area contributed by atoms with Crippen LogP contribution >= 0.6 is 11.6 Å².